The van der Waals surface area contributed by atoms with Crippen LogP contribution in [0.15, 0.2) is 12.1 Å². The molecule has 0 aromatic heterocycles. The lowest BCUT2D eigenvalue weighted by Crippen LogP contribution is -2.08. The van der Waals surface area contributed by atoms with E-state index in [1.165, 1.54) is 6.92 Å². The lowest BCUT2D eigenvalue weighted by atomic mass is 10.0. The van der Waals surface area contributed by atoms with E-state index in [-0.39, 0.29) is 0 Å². The number of carboxylic acids is 1. The van der Waals surface area contributed by atoms with Crippen molar-refractivity contribution in [2.24, 2.45) is 0 Å². The molecule has 0 amide bonds. The van der Waals surface area contributed by atoms with E-state index in [4.69, 9.17) is 5.11 Å². The zero-order chi connectivity index (χ0) is 12.3. The van der Waals surface area contributed by atoms with Crippen molar-refractivity contribution in [3.63, 3.8) is 0 Å². The predicted octanol–water partition coefficient (Wildman–Crippen LogP) is 2.32. The molecule has 0 radical (unpaired) electrons. The van der Waals surface area contributed by atoms with E-state index in [2.05, 4.69) is 0 Å². The van der Waals surface area contributed by atoms with Crippen LogP contribution in [0.5, 0.6) is 0 Å². The molecule has 86 valence electrons. The number of aliphatic carboxylic acids is 1. The van der Waals surface area contributed by atoms with Crippen LogP contribution in [-0.4, -0.2) is 16.9 Å². The van der Waals surface area contributed by atoms with Crippen LogP contribution in [0, 0.1) is 18.6 Å². The highest BCUT2D eigenvalue weighted by atomic mass is 19.1. The van der Waals surface area contributed by atoms with Gasteiger partial charge < -0.3 is 5.11 Å². The number of carboxylic acid groups (broad SMARTS) is 1. The van der Waals surface area contributed by atoms with Gasteiger partial charge in [0.05, 0.1) is 12.0 Å². The standard InChI is InChI=1S/C11H10F2O3/c1-6-4-7(12)11(8(13)5-6)9(14)2-3-10(15)16/h4-5H,2-3H2,1H3,(H,15,16). The Hall–Kier alpha value is -1.78. The summed E-state index contributed by atoms with van der Waals surface area (Å²) in [5.41, 5.74) is -0.295. The quantitative estimate of drug-likeness (QED) is 0.804. The van der Waals surface area contributed by atoms with Gasteiger partial charge in [-0.25, -0.2) is 8.78 Å². The zero-order valence-corrected chi connectivity index (χ0v) is 8.59. The maximum Gasteiger partial charge on any atom is 0.303 e. The molecule has 0 atom stereocenters. The minimum atomic E-state index is -1.18. The van der Waals surface area contributed by atoms with Crippen molar-refractivity contribution in [3.05, 3.63) is 34.9 Å². The monoisotopic (exact) mass is 228 g/mol. The molecule has 16 heavy (non-hydrogen) atoms. The Bertz CT molecular complexity index is 418. The second-order valence-corrected chi connectivity index (χ2v) is 3.42. The molecular formula is C11H10F2O3. The lowest BCUT2D eigenvalue weighted by molar-refractivity contribution is -0.136. The van der Waals surface area contributed by atoms with Crippen molar-refractivity contribution in [3.8, 4) is 0 Å². The first kappa shape index (κ1) is 12.3. The summed E-state index contributed by atoms with van der Waals surface area (Å²) in [6.45, 7) is 1.50. The number of carbonyl (C=O) groups is 2. The normalized spacial score (nSPS) is 10.2. The molecule has 1 aromatic carbocycles. The van der Waals surface area contributed by atoms with Gasteiger partial charge >= 0.3 is 5.97 Å². The molecule has 0 heterocycles. The number of hydrogen-bond acceptors (Lipinski definition) is 2. The Balaban J connectivity index is 2.95. The van der Waals surface area contributed by atoms with Crippen LogP contribution in [0.2, 0.25) is 0 Å². The summed E-state index contributed by atoms with van der Waals surface area (Å²) in [6.07, 6.45) is -0.849. The summed E-state index contributed by atoms with van der Waals surface area (Å²) in [6, 6.07) is 2.08. The van der Waals surface area contributed by atoms with Gasteiger partial charge in [0.15, 0.2) is 5.78 Å². The fourth-order valence-corrected chi connectivity index (χ4v) is 1.31. The lowest BCUT2D eigenvalue weighted by Gasteiger charge is -2.04. The minimum Gasteiger partial charge on any atom is -0.481 e. The van der Waals surface area contributed by atoms with Gasteiger partial charge in [-0.15, -0.1) is 0 Å². The van der Waals surface area contributed by atoms with Crippen LogP contribution in [0.4, 0.5) is 8.78 Å². The Labute approximate surface area is 90.7 Å². The molecule has 0 bridgehead atoms. The summed E-state index contributed by atoms with van der Waals surface area (Å²) in [4.78, 5) is 21.6. The smallest absolute Gasteiger partial charge is 0.303 e. The van der Waals surface area contributed by atoms with Gasteiger partial charge in [-0.3, -0.25) is 9.59 Å². The van der Waals surface area contributed by atoms with Crippen LogP contribution in [0.25, 0.3) is 0 Å². The zero-order valence-electron chi connectivity index (χ0n) is 8.59. The van der Waals surface area contributed by atoms with Crippen LogP contribution >= 0.6 is 0 Å². The average Bonchev–Trinajstić information content (AvgIpc) is 2.12. The predicted molar refractivity (Wildman–Crippen MR) is 52.3 cm³/mol. The number of halogens is 2. The number of Topliss-reactive ketones (excluding diaryl/α,β-unsaturated/α-hetero) is 1. The van der Waals surface area contributed by atoms with E-state index in [1.807, 2.05) is 0 Å². The van der Waals surface area contributed by atoms with Gasteiger partial charge in [-0.1, -0.05) is 0 Å². The summed E-state index contributed by atoms with van der Waals surface area (Å²) in [5, 5.41) is 8.35. The number of carbonyl (C=O) groups excluding carboxylic acids is 1. The Morgan fingerprint density at radius 2 is 1.69 bits per heavy atom. The van der Waals surface area contributed by atoms with Crippen LogP contribution in [0.1, 0.15) is 28.8 Å². The Kier molecular flexibility index (Phi) is 3.71. The highest BCUT2D eigenvalue weighted by Gasteiger charge is 2.18. The molecule has 0 fully saturated rings. The molecule has 3 nitrogen and oxygen atoms in total. The SMILES string of the molecule is Cc1cc(F)c(C(=O)CCC(=O)O)c(F)c1. The maximum atomic E-state index is 13.3. The topological polar surface area (TPSA) is 54.4 Å². The van der Waals surface area contributed by atoms with Gasteiger partial charge in [0.25, 0.3) is 0 Å². The minimum absolute atomic E-state index is 0.366. The first-order valence-corrected chi connectivity index (χ1v) is 4.62. The molecule has 0 aliphatic heterocycles. The van der Waals surface area contributed by atoms with E-state index in [0.717, 1.165) is 12.1 Å². The van der Waals surface area contributed by atoms with Crippen molar-refractivity contribution < 1.29 is 23.5 Å². The van der Waals surface area contributed by atoms with Gasteiger partial charge in [0.1, 0.15) is 11.6 Å². The first-order valence-electron chi connectivity index (χ1n) is 4.62. The van der Waals surface area contributed by atoms with Gasteiger partial charge in [-0.2, -0.15) is 0 Å². The summed E-state index contributed by atoms with van der Waals surface area (Å²) in [7, 11) is 0. The maximum absolute atomic E-state index is 13.3. The molecule has 0 unspecified atom stereocenters. The highest BCUT2D eigenvalue weighted by molar-refractivity contribution is 5.97. The number of benzene rings is 1. The Morgan fingerprint density at radius 1 is 1.19 bits per heavy atom. The fraction of sp³-hybridized carbons (Fsp3) is 0.273. The van der Waals surface area contributed by atoms with Gasteiger partial charge in [0, 0.05) is 6.42 Å². The van der Waals surface area contributed by atoms with Crippen molar-refractivity contribution in [2.75, 3.05) is 0 Å². The average molecular weight is 228 g/mol. The third-order valence-electron chi connectivity index (χ3n) is 2.03. The van der Waals surface area contributed by atoms with E-state index in [1.54, 1.807) is 0 Å². The van der Waals surface area contributed by atoms with Crippen molar-refractivity contribution in [2.45, 2.75) is 19.8 Å². The highest BCUT2D eigenvalue weighted by Crippen LogP contribution is 2.17. The molecule has 0 saturated heterocycles. The van der Waals surface area contributed by atoms with E-state index < -0.39 is 41.8 Å². The van der Waals surface area contributed by atoms with Crippen molar-refractivity contribution >= 4 is 11.8 Å². The van der Waals surface area contributed by atoms with Gasteiger partial charge in [-0.05, 0) is 24.6 Å². The molecule has 0 aliphatic carbocycles. The molecule has 0 saturated carbocycles. The van der Waals surface area contributed by atoms with Gasteiger partial charge in [0.2, 0.25) is 0 Å². The molecule has 0 aliphatic rings. The first-order chi connectivity index (χ1) is 7.41. The molecular weight excluding hydrogens is 218 g/mol. The summed E-state index contributed by atoms with van der Waals surface area (Å²) < 4.78 is 26.6. The third kappa shape index (κ3) is 2.85. The Morgan fingerprint density at radius 3 is 2.12 bits per heavy atom. The van der Waals surface area contributed by atoms with E-state index in [0.29, 0.717) is 5.56 Å². The molecule has 0 spiro atoms. The molecule has 1 rings (SSSR count). The van der Waals surface area contributed by atoms with Crippen molar-refractivity contribution in [1.82, 2.24) is 0 Å². The largest absolute Gasteiger partial charge is 0.481 e. The molecule has 5 heteroatoms. The van der Waals surface area contributed by atoms with E-state index in [9.17, 15) is 18.4 Å². The van der Waals surface area contributed by atoms with Crippen molar-refractivity contribution in [1.29, 1.82) is 0 Å². The number of aryl methyl sites for hydroxylation is 1. The van der Waals surface area contributed by atoms with E-state index >= 15 is 0 Å². The molecule has 1 aromatic rings. The number of hydrogen-bond donors (Lipinski definition) is 1. The van der Waals surface area contributed by atoms with Crippen LogP contribution < -0.4 is 0 Å². The summed E-state index contributed by atoms with van der Waals surface area (Å²) >= 11 is 0. The van der Waals surface area contributed by atoms with Crippen LogP contribution in [0.3, 0.4) is 0 Å². The molecule has 1 N–H and O–H groups in total. The fourth-order valence-electron chi connectivity index (χ4n) is 1.31. The third-order valence-corrected chi connectivity index (χ3v) is 2.03. The number of ketones is 1. The second-order valence-electron chi connectivity index (χ2n) is 3.42. The van der Waals surface area contributed by atoms with Crippen LogP contribution in [-0.2, 0) is 4.79 Å². The summed E-state index contributed by atoms with van der Waals surface area (Å²) in [5.74, 6) is -3.92. The number of rotatable bonds is 4. The second kappa shape index (κ2) is 4.83.